The van der Waals surface area contributed by atoms with Crippen molar-refractivity contribution >= 4 is 11.6 Å². The minimum absolute atomic E-state index is 0.0861. The Kier molecular flexibility index (Phi) is 5.79. The lowest BCUT2D eigenvalue weighted by Gasteiger charge is -2.14. The van der Waals surface area contributed by atoms with E-state index in [2.05, 4.69) is 5.32 Å². The molecular weight excluding hydrogens is 244 g/mol. The summed E-state index contributed by atoms with van der Waals surface area (Å²) in [7, 11) is 1.61. The molecule has 0 saturated carbocycles. The van der Waals surface area contributed by atoms with Crippen molar-refractivity contribution in [2.45, 2.75) is 32.7 Å². The molecule has 0 aliphatic carbocycles. The maximum atomic E-state index is 11.9. The van der Waals surface area contributed by atoms with Gasteiger partial charge in [0, 0.05) is 13.7 Å². The lowest BCUT2D eigenvalue weighted by molar-refractivity contribution is -0.117. The number of hydrogen-bond donors (Lipinski definition) is 3. The summed E-state index contributed by atoms with van der Waals surface area (Å²) in [6.07, 6.45) is 1.27. The van der Waals surface area contributed by atoms with E-state index in [0.29, 0.717) is 18.7 Å². The van der Waals surface area contributed by atoms with Crippen molar-refractivity contribution in [1.29, 1.82) is 0 Å². The molecule has 1 rings (SSSR count). The molecule has 5 heteroatoms. The highest BCUT2D eigenvalue weighted by Crippen LogP contribution is 2.28. The van der Waals surface area contributed by atoms with Crippen LogP contribution in [0, 0.1) is 13.8 Å². The number of phenolic OH excluding ortho intramolecular Hbond substituents is 1. The Morgan fingerprint density at radius 1 is 1.47 bits per heavy atom. The quantitative estimate of drug-likeness (QED) is 0.540. The van der Waals surface area contributed by atoms with E-state index in [1.165, 1.54) is 0 Å². The highest BCUT2D eigenvalue weighted by Gasteiger charge is 2.15. The molecule has 1 aromatic rings. The van der Waals surface area contributed by atoms with Crippen LogP contribution in [0.15, 0.2) is 12.1 Å². The van der Waals surface area contributed by atoms with Crippen molar-refractivity contribution in [1.82, 2.24) is 0 Å². The van der Waals surface area contributed by atoms with Crippen LogP contribution in [0.4, 0.5) is 5.69 Å². The minimum Gasteiger partial charge on any atom is -0.505 e. The topological polar surface area (TPSA) is 84.6 Å². The first-order valence-corrected chi connectivity index (χ1v) is 6.31. The average Bonchev–Trinajstić information content (AvgIpc) is 2.35. The lowest BCUT2D eigenvalue weighted by atomic mass is 10.1. The van der Waals surface area contributed by atoms with Gasteiger partial charge in [0.1, 0.15) is 5.75 Å². The molecule has 0 saturated heterocycles. The standard InChI is InChI=1S/C14H22N2O3/c1-9-7-10(2)13(17)12(8-9)16-14(18)11(15)5-4-6-19-3/h7-8,11,17H,4-6,15H2,1-3H3,(H,16,18). The number of hydrogen-bond acceptors (Lipinski definition) is 4. The summed E-state index contributed by atoms with van der Waals surface area (Å²) in [6, 6.07) is 2.97. The van der Waals surface area contributed by atoms with Crippen molar-refractivity contribution in [2.75, 3.05) is 19.0 Å². The molecule has 19 heavy (non-hydrogen) atoms. The van der Waals surface area contributed by atoms with Gasteiger partial charge in [-0.15, -0.1) is 0 Å². The third kappa shape index (κ3) is 4.54. The number of carbonyl (C=O) groups excluding carboxylic acids is 1. The van der Waals surface area contributed by atoms with E-state index in [9.17, 15) is 9.90 Å². The maximum Gasteiger partial charge on any atom is 0.241 e. The molecular formula is C14H22N2O3. The van der Waals surface area contributed by atoms with Gasteiger partial charge in [0.25, 0.3) is 0 Å². The van der Waals surface area contributed by atoms with Gasteiger partial charge in [0.2, 0.25) is 5.91 Å². The van der Waals surface area contributed by atoms with E-state index in [1.807, 2.05) is 13.0 Å². The zero-order valence-corrected chi connectivity index (χ0v) is 11.7. The molecule has 0 heterocycles. The molecule has 5 nitrogen and oxygen atoms in total. The van der Waals surface area contributed by atoms with Crippen LogP contribution in [0.25, 0.3) is 0 Å². The van der Waals surface area contributed by atoms with Gasteiger partial charge in [-0.25, -0.2) is 0 Å². The number of nitrogens with two attached hydrogens (primary N) is 1. The van der Waals surface area contributed by atoms with Crippen LogP contribution in [0.3, 0.4) is 0 Å². The second kappa shape index (κ2) is 7.11. The highest BCUT2D eigenvalue weighted by molar-refractivity contribution is 5.96. The summed E-state index contributed by atoms with van der Waals surface area (Å²) >= 11 is 0. The fraction of sp³-hybridized carbons (Fsp3) is 0.500. The van der Waals surface area contributed by atoms with Crippen molar-refractivity contribution in [2.24, 2.45) is 5.73 Å². The van der Waals surface area contributed by atoms with Gasteiger partial charge in [0.15, 0.2) is 0 Å². The zero-order valence-electron chi connectivity index (χ0n) is 11.7. The van der Waals surface area contributed by atoms with Crippen LogP contribution < -0.4 is 11.1 Å². The molecule has 1 amide bonds. The van der Waals surface area contributed by atoms with Gasteiger partial charge in [-0.1, -0.05) is 6.07 Å². The van der Waals surface area contributed by atoms with Crippen molar-refractivity contribution in [3.05, 3.63) is 23.3 Å². The summed E-state index contributed by atoms with van der Waals surface area (Å²) < 4.78 is 4.91. The number of aromatic hydroxyl groups is 1. The molecule has 0 fully saturated rings. The number of carbonyl (C=O) groups is 1. The van der Waals surface area contributed by atoms with E-state index >= 15 is 0 Å². The van der Waals surface area contributed by atoms with Gasteiger partial charge in [0.05, 0.1) is 11.7 Å². The first-order valence-electron chi connectivity index (χ1n) is 6.31. The van der Waals surface area contributed by atoms with E-state index in [0.717, 1.165) is 17.5 Å². The van der Waals surface area contributed by atoms with Crippen LogP contribution in [0.1, 0.15) is 24.0 Å². The Bertz CT molecular complexity index is 447. The van der Waals surface area contributed by atoms with Gasteiger partial charge in [-0.2, -0.15) is 0 Å². The molecule has 0 aromatic heterocycles. The molecule has 1 aromatic carbocycles. The number of benzene rings is 1. The molecule has 0 aliphatic rings. The van der Waals surface area contributed by atoms with Crippen LogP contribution >= 0.6 is 0 Å². The zero-order chi connectivity index (χ0) is 14.4. The molecule has 4 N–H and O–H groups in total. The predicted molar refractivity (Wildman–Crippen MR) is 75.3 cm³/mol. The summed E-state index contributed by atoms with van der Waals surface area (Å²) in [5.74, 6) is -0.209. The molecule has 0 bridgehead atoms. The molecule has 1 unspecified atom stereocenters. The fourth-order valence-electron chi connectivity index (χ4n) is 1.86. The number of ether oxygens (including phenoxy) is 1. The first-order chi connectivity index (χ1) is 8.95. The van der Waals surface area contributed by atoms with E-state index < -0.39 is 6.04 Å². The fourth-order valence-corrected chi connectivity index (χ4v) is 1.86. The molecule has 0 aliphatic heterocycles. The van der Waals surface area contributed by atoms with Gasteiger partial charge >= 0.3 is 0 Å². The second-order valence-corrected chi connectivity index (χ2v) is 4.71. The number of aryl methyl sites for hydroxylation is 2. The molecule has 1 atom stereocenters. The van der Waals surface area contributed by atoms with Crippen LogP contribution in [0.2, 0.25) is 0 Å². The number of nitrogens with one attached hydrogen (secondary N) is 1. The smallest absolute Gasteiger partial charge is 0.241 e. The average molecular weight is 266 g/mol. The van der Waals surface area contributed by atoms with Crippen molar-refractivity contribution in [3.8, 4) is 5.75 Å². The Morgan fingerprint density at radius 2 is 2.16 bits per heavy atom. The number of anilines is 1. The van der Waals surface area contributed by atoms with E-state index in [-0.39, 0.29) is 11.7 Å². The summed E-state index contributed by atoms with van der Waals surface area (Å²) in [4.78, 5) is 11.9. The van der Waals surface area contributed by atoms with Crippen LogP contribution in [-0.2, 0) is 9.53 Å². The number of phenols is 1. The molecule has 106 valence electrons. The largest absolute Gasteiger partial charge is 0.505 e. The highest BCUT2D eigenvalue weighted by atomic mass is 16.5. The molecule has 0 radical (unpaired) electrons. The summed E-state index contributed by atoms with van der Waals surface area (Å²) in [5, 5.41) is 12.6. The van der Waals surface area contributed by atoms with E-state index in [4.69, 9.17) is 10.5 Å². The van der Waals surface area contributed by atoms with Crippen LogP contribution in [0.5, 0.6) is 5.75 Å². The van der Waals surface area contributed by atoms with Crippen LogP contribution in [-0.4, -0.2) is 30.8 Å². The predicted octanol–water partition coefficient (Wildman–Crippen LogP) is 1.70. The number of rotatable bonds is 6. The van der Waals surface area contributed by atoms with Crippen molar-refractivity contribution in [3.63, 3.8) is 0 Å². The summed E-state index contributed by atoms with van der Waals surface area (Å²) in [6.45, 7) is 4.27. The number of methoxy groups -OCH3 is 1. The Labute approximate surface area is 113 Å². The van der Waals surface area contributed by atoms with E-state index in [1.54, 1.807) is 20.1 Å². The normalized spacial score (nSPS) is 12.2. The minimum atomic E-state index is -0.602. The Balaban J connectivity index is 2.66. The third-order valence-corrected chi connectivity index (χ3v) is 2.90. The summed E-state index contributed by atoms with van der Waals surface area (Å²) in [5.41, 5.74) is 7.89. The maximum absolute atomic E-state index is 11.9. The molecule has 0 spiro atoms. The van der Waals surface area contributed by atoms with Gasteiger partial charge < -0.3 is 20.9 Å². The Morgan fingerprint density at radius 3 is 2.79 bits per heavy atom. The van der Waals surface area contributed by atoms with Crippen molar-refractivity contribution < 1.29 is 14.6 Å². The monoisotopic (exact) mass is 266 g/mol. The SMILES string of the molecule is COCCCC(N)C(=O)Nc1cc(C)cc(C)c1O. The third-order valence-electron chi connectivity index (χ3n) is 2.90. The second-order valence-electron chi connectivity index (χ2n) is 4.71. The lowest BCUT2D eigenvalue weighted by Crippen LogP contribution is -2.35. The number of amides is 1. The Hall–Kier alpha value is -1.59. The first kappa shape index (κ1) is 15.5. The van der Waals surface area contributed by atoms with Gasteiger partial charge in [-0.05, 0) is 43.9 Å². The van der Waals surface area contributed by atoms with Gasteiger partial charge in [-0.3, -0.25) is 4.79 Å².